The Bertz CT molecular complexity index is 1570. The van der Waals surface area contributed by atoms with Crippen molar-refractivity contribution in [3.63, 3.8) is 0 Å². The van der Waals surface area contributed by atoms with Crippen LogP contribution in [0.1, 0.15) is 44.1 Å². The molecule has 204 valence electrons. The number of fused-ring (bicyclic) bond motifs is 1. The number of hydrogen-bond donors (Lipinski definition) is 1. The Morgan fingerprint density at radius 3 is 2.49 bits per heavy atom. The smallest absolute Gasteiger partial charge is 0.314 e. The third-order valence-corrected chi connectivity index (χ3v) is 6.48. The van der Waals surface area contributed by atoms with Crippen LogP contribution in [0.2, 0.25) is 5.02 Å². The summed E-state index contributed by atoms with van der Waals surface area (Å²) in [5.41, 5.74) is -0.706. The highest BCUT2D eigenvalue weighted by molar-refractivity contribution is 6.30. The van der Waals surface area contributed by atoms with Crippen LogP contribution < -0.4 is 10.9 Å². The van der Waals surface area contributed by atoms with Crippen molar-refractivity contribution in [1.29, 1.82) is 0 Å². The molecule has 0 spiro atoms. The van der Waals surface area contributed by atoms with Gasteiger partial charge in [-0.1, -0.05) is 43.6 Å². The van der Waals surface area contributed by atoms with Crippen LogP contribution in [0, 0.1) is 5.82 Å². The molecule has 1 heterocycles. The van der Waals surface area contributed by atoms with E-state index in [1.807, 2.05) is 6.92 Å². The van der Waals surface area contributed by atoms with E-state index in [9.17, 15) is 27.2 Å². The molecule has 11 heteroatoms. The molecule has 1 atom stereocenters. The fourth-order valence-electron chi connectivity index (χ4n) is 4.40. The Morgan fingerprint density at radius 2 is 1.82 bits per heavy atom. The maximum Gasteiger partial charge on any atom is 0.416 e. The van der Waals surface area contributed by atoms with Crippen LogP contribution in [-0.4, -0.2) is 27.0 Å². The Labute approximate surface area is 226 Å². The number of benzene rings is 3. The van der Waals surface area contributed by atoms with Gasteiger partial charge in [0.25, 0.3) is 5.56 Å². The van der Waals surface area contributed by atoms with Gasteiger partial charge >= 0.3 is 12.2 Å². The van der Waals surface area contributed by atoms with Crippen molar-refractivity contribution in [3.8, 4) is 5.69 Å². The standard InChI is InChI=1S/C28H25ClF4N4O2/c1-3-14-36(27(39)34-18-9-7-8-17(15-18)28(31,32)33)24(4-2)25-35-23-11-6-5-10-20(23)26(38)37(25)19-12-13-22(30)21(29)16-19/h5-13,15-16,24H,3-4,14H2,1-2H3,(H,34,39). The summed E-state index contributed by atoms with van der Waals surface area (Å²) in [5, 5.41) is 2.67. The molecule has 1 unspecified atom stereocenters. The van der Waals surface area contributed by atoms with Gasteiger partial charge in [0, 0.05) is 12.2 Å². The van der Waals surface area contributed by atoms with E-state index in [0.717, 1.165) is 18.2 Å². The van der Waals surface area contributed by atoms with Gasteiger partial charge in [-0.05, 0) is 61.4 Å². The van der Waals surface area contributed by atoms with Gasteiger partial charge in [-0.2, -0.15) is 13.2 Å². The van der Waals surface area contributed by atoms with Crippen molar-refractivity contribution in [2.45, 2.75) is 38.9 Å². The van der Waals surface area contributed by atoms with Gasteiger partial charge in [-0.3, -0.25) is 9.36 Å². The molecule has 0 aliphatic carbocycles. The van der Waals surface area contributed by atoms with Gasteiger partial charge < -0.3 is 10.2 Å². The van der Waals surface area contributed by atoms with Crippen molar-refractivity contribution in [2.75, 3.05) is 11.9 Å². The molecule has 0 bridgehead atoms. The predicted octanol–water partition coefficient (Wildman–Crippen LogP) is 7.59. The summed E-state index contributed by atoms with van der Waals surface area (Å²) >= 11 is 6.03. The van der Waals surface area contributed by atoms with Gasteiger partial charge in [-0.15, -0.1) is 0 Å². The molecule has 6 nitrogen and oxygen atoms in total. The first-order chi connectivity index (χ1) is 18.5. The number of carbonyl (C=O) groups is 1. The summed E-state index contributed by atoms with van der Waals surface area (Å²) in [6.45, 7) is 3.86. The number of alkyl halides is 3. The minimum Gasteiger partial charge on any atom is -0.314 e. The van der Waals surface area contributed by atoms with E-state index in [1.165, 1.54) is 33.7 Å². The van der Waals surface area contributed by atoms with E-state index in [0.29, 0.717) is 23.7 Å². The number of nitrogens with zero attached hydrogens (tertiary/aromatic N) is 3. The van der Waals surface area contributed by atoms with E-state index >= 15 is 0 Å². The quantitative estimate of drug-likeness (QED) is 0.237. The number of urea groups is 1. The van der Waals surface area contributed by atoms with Crippen molar-refractivity contribution in [2.24, 2.45) is 0 Å². The number of nitrogens with one attached hydrogen (secondary N) is 1. The van der Waals surface area contributed by atoms with Crippen molar-refractivity contribution >= 4 is 34.2 Å². The molecule has 0 radical (unpaired) electrons. The van der Waals surface area contributed by atoms with Gasteiger partial charge in [0.15, 0.2) is 0 Å². The predicted molar refractivity (Wildman–Crippen MR) is 143 cm³/mol. The molecule has 0 saturated heterocycles. The van der Waals surface area contributed by atoms with Gasteiger partial charge in [-0.25, -0.2) is 14.2 Å². The second-order valence-electron chi connectivity index (χ2n) is 8.85. The molecule has 2 amide bonds. The number of hydrogen-bond acceptors (Lipinski definition) is 3. The van der Waals surface area contributed by atoms with Gasteiger partial charge in [0.2, 0.25) is 0 Å². The highest BCUT2D eigenvalue weighted by atomic mass is 35.5. The average Bonchev–Trinajstić information content (AvgIpc) is 2.90. The third-order valence-electron chi connectivity index (χ3n) is 6.19. The van der Waals surface area contributed by atoms with E-state index in [-0.39, 0.29) is 28.8 Å². The fourth-order valence-corrected chi connectivity index (χ4v) is 4.57. The van der Waals surface area contributed by atoms with Crippen LogP contribution in [0.5, 0.6) is 0 Å². The number of para-hydroxylation sites is 1. The lowest BCUT2D eigenvalue weighted by molar-refractivity contribution is -0.137. The van der Waals surface area contributed by atoms with E-state index < -0.39 is 35.2 Å². The summed E-state index contributed by atoms with van der Waals surface area (Å²) in [4.78, 5) is 33.3. The number of aromatic nitrogens is 2. The van der Waals surface area contributed by atoms with E-state index in [1.54, 1.807) is 31.2 Å². The van der Waals surface area contributed by atoms with E-state index in [4.69, 9.17) is 16.6 Å². The summed E-state index contributed by atoms with van der Waals surface area (Å²) in [7, 11) is 0. The first-order valence-corrected chi connectivity index (χ1v) is 12.6. The van der Waals surface area contributed by atoms with Gasteiger partial charge in [0.1, 0.15) is 11.6 Å². The zero-order valence-electron chi connectivity index (χ0n) is 21.1. The first-order valence-electron chi connectivity index (χ1n) is 12.3. The van der Waals surface area contributed by atoms with Crippen LogP contribution in [0.25, 0.3) is 16.6 Å². The van der Waals surface area contributed by atoms with Crippen molar-refractivity contribution < 1.29 is 22.4 Å². The van der Waals surface area contributed by atoms with Crippen LogP contribution in [0.3, 0.4) is 0 Å². The molecule has 1 aromatic heterocycles. The highest BCUT2D eigenvalue weighted by Crippen LogP contribution is 2.32. The Balaban J connectivity index is 1.84. The third kappa shape index (κ3) is 5.90. The number of amides is 2. The molecule has 0 saturated carbocycles. The lowest BCUT2D eigenvalue weighted by Crippen LogP contribution is -2.41. The van der Waals surface area contributed by atoms with Crippen molar-refractivity contribution in [3.05, 3.63) is 99.3 Å². The zero-order valence-corrected chi connectivity index (χ0v) is 21.9. The van der Waals surface area contributed by atoms with E-state index in [2.05, 4.69) is 5.32 Å². The second kappa shape index (κ2) is 11.4. The lowest BCUT2D eigenvalue weighted by Gasteiger charge is -2.32. The molecule has 0 fully saturated rings. The molecule has 0 aliphatic heterocycles. The van der Waals surface area contributed by atoms with Crippen LogP contribution in [0.15, 0.2) is 71.5 Å². The number of halogens is 5. The maximum absolute atomic E-state index is 14.0. The lowest BCUT2D eigenvalue weighted by atomic mass is 10.1. The molecule has 0 aliphatic rings. The average molecular weight is 561 g/mol. The molecule has 1 N–H and O–H groups in total. The Morgan fingerprint density at radius 1 is 1.08 bits per heavy atom. The molecule has 4 rings (SSSR count). The Kier molecular flexibility index (Phi) is 8.25. The molecule has 4 aromatic rings. The zero-order chi connectivity index (χ0) is 28.3. The monoisotopic (exact) mass is 560 g/mol. The number of rotatable bonds is 7. The summed E-state index contributed by atoms with van der Waals surface area (Å²) in [5.74, 6) is -0.458. The van der Waals surface area contributed by atoms with Crippen LogP contribution in [-0.2, 0) is 6.18 Å². The topological polar surface area (TPSA) is 67.2 Å². The first kappa shape index (κ1) is 28.1. The minimum atomic E-state index is -4.57. The Hall–Kier alpha value is -3.92. The second-order valence-corrected chi connectivity index (χ2v) is 9.26. The summed E-state index contributed by atoms with van der Waals surface area (Å²) < 4.78 is 54.9. The molecular weight excluding hydrogens is 536 g/mol. The highest BCUT2D eigenvalue weighted by Gasteiger charge is 2.32. The van der Waals surface area contributed by atoms with Gasteiger partial charge in [0.05, 0.1) is 33.2 Å². The number of anilines is 1. The van der Waals surface area contributed by atoms with Crippen molar-refractivity contribution in [1.82, 2.24) is 14.5 Å². The largest absolute Gasteiger partial charge is 0.416 e. The van der Waals surface area contributed by atoms with Crippen LogP contribution >= 0.6 is 11.6 Å². The minimum absolute atomic E-state index is 0.0278. The maximum atomic E-state index is 14.0. The SMILES string of the molecule is CCCN(C(=O)Nc1cccc(C(F)(F)F)c1)C(CC)c1nc2ccccc2c(=O)n1-c1ccc(F)c(Cl)c1. The summed E-state index contributed by atoms with van der Waals surface area (Å²) in [6.07, 6.45) is -3.74. The normalized spacial score (nSPS) is 12.4. The number of carbonyl (C=O) groups excluding carboxylic acids is 1. The molecule has 3 aromatic carbocycles. The fraction of sp³-hybridized carbons (Fsp3) is 0.250. The molecular formula is C28H25ClF4N4O2. The molecule has 39 heavy (non-hydrogen) atoms. The van der Waals surface area contributed by atoms with Crippen LogP contribution in [0.4, 0.5) is 28.0 Å². The summed E-state index contributed by atoms with van der Waals surface area (Å²) in [6, 6.07) is 13.4.